The lowest BCUT2D eigenvalue weighted by Gasteiger charge is -2.05. The molecule has 0 aliphatic rings. The van der Waals surface area contributed by atoms with E-state index in [-0.39, 0.29) is 0 Å². The summed E-state index contributed by atoms with van der Waals surface area (Å²) in [6.45, 7) is 1.84. The molecule has 2 amide bonds. The Morgan fingerprint density at radius 3 is 2.76 bits per heavy atom. The van der Waals surface area contributed by atoms with Crippen molar-refractivity contribution in [1.29, 1.82) is 0 Å². The van der Waals surface area contributed by atoms with E-state index in [0.29, 0.717) is 16.5 Å². The van der Waals surface area contributed by atoms with Gasteiger partial charge in [0.2, 0.25) is 0 Å². The Morgan fingerprint density at radius 1 is 1.29 bits per heavy atom. The number of anilines is 1. The molecule has 1 aromatic carbocycles. The molecule has 0 radical (unpaired) electrons. The van der Waals surface area contributed by atoms with Crippen LogP contribution in [0.3, 0.4) is 0 Å². The van der Waals surface area contributed by atoms with Gasteiger partial charge in [0.15, 0.2) is 0 Å². The third-order valence-electron chi connectivity index (χ3n) is 2.54. The van der Waals surface area contributed by atoms with Gasteiger partial charge in [0.05, 0.1) is 12.5 Å². The number of benzene rings is 1. The summed E-state index contributed by atoms with van der Waals surface area (Å²) in [5, 5.41) is 6.53. The minimum Gasteiger partial charge on any atom is -0.463 e. The van der Waals surface area contributed by atoms with Crippen molar-refractivity contribution in [3.05, 3.63) is 52.9 Å². The number of nitrogens with zero attached hydrogens (tertiary/aromatic N) is 1. The molecule has 1 heterocycles. The molecule has 0 fully saturated rings. The van der Waals surface area contributed by atoms with Crippen molar-refractivity contribution < 1.29 is 14.0 Å². The Kier molecular flexibility index (Phi) is 4.73. The van der Waals surface area contributed by atoms with Gasteiger partial charge in [-0.1, -0.05) is 17.7 Å². The molecule has 0 unspecified atom stereocenters. The van der Waals surface area contributed by atoms with Gasteiger partial charge in [0.1, 0.15) is 5.76 Å². The molecule has 0 saturated heterocycles. The van der Waals surface area contributed by atoms with Crippen molar-refractivity contribution >= 4 is 35.3 Å². The molecule has 0 atom stereocenters. The number of amides is 2. The van der Waals surface area contributed by atoms with Crippen LogP contribution >= 0.6 is 11.6 Å². The Morgan fingerprint density at radius 2 is 2.10 bits per heavy atom. The highest BCUT2D eigenvalue weighted by molar-refractivity contribution is 6.39. The first-order valence-corrected chi connectivity index (χ1v) is 6.38. The second kappa shape index (κ2) is 6.71. The summed E-state index contributed by atoms with van der Waals surface area (Å²) in [4.78, 5) is 23.2. The molecule has 0 aliphatic heterocycles. The summed E-state index contributed by atoms with van der Waals surface area (Å²) in [7, 11) is 0. The lowest BCUT2D eigenvalue weighted by Crippen LogP contribution is -2.32. The van der Waals surface area contributed by atoms with Gasteiger partial charge in [-0.3, -0.25) is 9.59 Å². The van der Waals surface area contributed by atoms with Crippen LogP contribution < -0.4 is 10.7 Å². The zero-order valence-electron chi connectivity index (χ0n) is 11.1. The fourth-order valence-electron chi connectivity index (χ4n) is 1.43. The quantitative estimate of drug-likeness (QED) is 0.518. The first kappa shape index (κ1) is 14.8. The van der Waals surface area contributed by atoms with Gasteiger partial charge in [0, 0.05) is 10.7 Å². The summed E-state index contributed by atoms with van der Waals surface area (Å²) < 4.78 is 4.98. The maximum absolute atomic E-state index is 11.6. The van der Waals surface area contributed by atoms with E-state index in [4.69, 9.17) is 16.0 Å². The average molecular weight is 306 g/mol. The topological polar surface area (TPSA) is 83.7 Å². The van der Waals surface area contributed by atoms with Gasteiger partial charge in [-0.25, -0.2) is 5.43 Å². The van der Waals surface area contributed by atoms with Crippen LogP contribution in [-0.2, 0) is 9.59 Å². The Bertz CT molecular complexity index is 681. The van der Waals surface area contributed by atoms with Crippen LogP contribution in [0.15, 0.2) is 46.1 Å². The second-order valence-electron chi connectivity index (χ2n) is 4.13. The molecule has 0 spiro atoms. The Balaban J connectivity index is 1.90. The van der Waals surface area contributed by atoms with Crippen LogP contribution in [0.2, 0.25) is 5.02 Å². The SMILES string of the molecule is Cc1ccc(NC(=O)C(=O)N/N=C\c2ccco2)cc1Cl. The average Bonchev–Trinajstić information content (AvgIpc) is 2.96. The van der Waals surface area contributed by atoms with Gasteiger partial charge in [0.25, 0.3) is 0 Å². The minimum atomic E-state index is -0.894. The van der Waals surface area contributed by atoms with Gasteiger partial charge >= 0.3 is 11.8 Å². The molecule has 0 aliphatic carbocycles. The third kappa shape index (κ3) is 4.19. The Hall–Kier alpha value is -2.60. The molecule has 7 heteroatoms. The Labute approximate surface area is 125 Å². The number of hydrogen-bond acceptors (Lipinski definition) is 4. The molecule has 2 rings (SSSR count). The first-order valence-electron chi connectivity index (χ1n) is 6.00. The third-order valence-corrected chi connectivity index (χ3v) is 2.94. The standard InChI is InChI=1S/C14H12ClN3O3/c1-9-4-5-10(7-12(9)15)17-13(19)14(20)18-16-8-11-3-2-6-21-11/h2-8H,1H3,(H,17,19)(H,18,20)/b16-8-. The second-order valence-corrected chi connectivity index (χ2v) is 4.54. The normalized spacial score (nSPS) is 10.6. The highest BCUT2D eigenvalue weighted by Gasteiger charge is 2.13. The number of furan rings is 1. The van der Waals surface area contributed by atoms with Crippen molar-refractivity contribution in [1.82, 2.24) is 5.43 Å². The molecule has 108 valence electrons. The number of carbonyl (C=O) groups is 2. The zero-order valence-corrected chi connectivity index (χ0v) is 11.8. The van der Waals surface area contributed by atoms with E-state index >= 15 is 0 Å². The van der Waals surface area contributed by atoms with Crippen LogP contribution in [0.5, 0.6) is 0 Å². The van der Waals surface area contributed by atoms with Crippen LogP contribution in [0.4, 0.5) is 5.69 Å². The lowest BCUT2D eigenvalue weighted by molar-refractivity contribution is -0.136. The highest BCUT2D eigenvalue weighted by atomic mass is 35.5. The van der Waals surface area contributed by atoms with Gasteiger partial charge in [-0.05, 0) is 36.8 Å². The van der Waals surface area contributed by atoms with E-state index in [1.54, 1.807) is 30.3 Å². The zero-order chi connectivity index (χ0) is 15.2. The van der Waals surface area contributed by atoms with Crippen molar-refractivity contribution in [2.45, 2.75) is 6.92 Å². The predicted octanol–water partition coefficient (Wildman–Crippen LogP) is 2.33. The molecule has 0 bridgehead atoms. The summed E-state index contributed by atoms with van der Waals surface area (Å²) >= 11 is 5.93. The fraction of sp³-hybridized carbons (Fsp3) is 0.0714. The molecular weight excluding hydrogens is 294 g/mol. The van der Waals surface area contributed by atoms with Crippen molar-refractivity contribution in [2.75, 3.05) is 5.32 Å². The smallest absolute Gasteiger partial charge is 0.329 e. The molecule has 2 N–H and O–H groups in total. The summed E-state index contributed by atoms with van der Waals surface area (Å²) in [5.41, 5.74) is 3.40. The van der Waals surface area contributed by atoms with Crippen LogP contribution in [0.1, 0.15) is 11.3 Å². The molecular formula is C14H12ClN3O3. The van der Waals surface area contributed by atoms with E-state index in [0.717, 1.165) is 5.56 Å². The molecule has 6 nitrogen and oxygen atoms in total. The van der Waals surface area contributed by atoms with Gasteiger partial charge < -0.3 is 9.73 Å². The van der Waals surface area contributed by atoms with Crippen molar-refractivity contribution in [2.24, 2.45) is 5.10 Å². The molecule has 1 aromatic heterocycles. The highest BCUT2D eigenvalue weighted by Crippen LogP contribution is 2.19. The summed E-state index contributed by atoms with van der Waals surface area (Å²) in [6, 6.07) is 8.29. The first-order chi connectivity index (χ1) is 10.1. The number of halogens is 1. The molecule has 2 aromatic rings. The number of carbonyl (C=O) groups excluding carboxylic acids is 2. The van der Waals surface area contributed by atoms with Crippen molar-refractivity contribution in [3.63, 3.8) is 0 Å². The van der Waals surface area contributed by atoms with Crippen molar-refractivity contribution in [3.8, 4) is 0 Å². The number of hydrazone groups is 1. The monoisotopic (exact) mass is 305 g/mol. The van der Waals surface area contributed by atoms with E-state index in [1.807, 2.05) is 6.92 Å². The van der Waals surface area contributed by atoms with Crippen LogP contribution in [0.25, 0.3) is 0 Å². The van der Waals surface area contributed by atoms with Gasteiger partial charge in [-0.2, -0.15) is 5.10 Å². The van der Waals surface area contributed by atoms with E-state index in [9.17, 15) is 9.59 Å². The number of nitrogens with one attached hydrogen (secondary N) is 2. The fourth-order valence-corrected chi connectivity index (χ4v) is 1.61. The molecule has 0 saturated carbocycles. The summed E-state index contributed by atoms with van der Waals surface area (Å²) in [6.07, 6.45) is 2.75. The summed E-state index contributed by atoms with van der Waals surface area (Å²) in [5.74, 6) is -1.28. The largest absolute Gasteiger partial charge is 0.463 e. The van der Waals surface area contributed by atoms with Crippen LogP contribution in [-0.4, -0.2) is 18.0 Å². The number of hydrogen-bond donors (Lipinski definition) is 2. The molecule has 21 heavy (non-hydrogen) atoms. The van der Waals surface area contributed by atoms with E-state index < -0.39 is 11.8 Å². The maximum atomic E-state index is 11.6. The van der Waals surface area contributed by atoms with Crippen LogP contribution in [0, 0.1) is 6.92 Å². The number of rotatable bonds is 3. The number of aryl methyl sites for hydroxylation is 1. The minimum absolute atomic E-state index is 0.431. The van der Waals surface area contributed by atoms with Gasteiger partial charge in [-0.15, -0.1) is 0 Å². The van der Waals surface area contributed by atoms with E-state index in [1.165, 1.54) is 12.5 Å². The lowest BCUT2D eigenvalue weighted by atomic mass is 10.2. The predicted molar refractivity (Wildman–Crippen MR) is 79.3 cm³/mol. The maximum Gasteiger partial charge on any atom is 0.329 e. The van der Waals surface area contributed by atoms with E-state index in [2.05, 4.69) is 15.8 Å².